The van der Waals surface area contributed by atoms with Crippen LogP contribution in [0.1, 0.15) is 28.8 Å². The number of piperidine rings is 1. The molecule has 0 radical (unpaired) electrons. The number of nitrogens with zero attached hydrogens (tertiary/aromatic N) is 1. The van der Waals surface area contributed by atoms with Crippen LogP contribution < -0.4 is 19.5 Å². The van der Waals surface area contributed by atoms with Gasteiger partial charge in [0.05, 0.1) is 14.2 Å². The lowest BCUT2D eigenvalue weighted by molar-refractivity contribution is -0.126. The molecular weight excluding hydrogens is 444 g/mol. The summed E-state index contributed by atoms with van der Waals surface area (Å²) >= 11 is 0. The quantitative estimate of drug-likeness (QED) is 0.514. The molecule has 0 atom stereocenters. The number of hydrogen-bond donors (Lipinski definition) is 1. The molecule has 1 aliphatic rings. The smallest absolute Gasteiger partial charge is 0.254 e. The normalized spacial score (nSPS) is 13.7. The molecule has 2 amide bonds. The summed E-state index contributed by atoms with van der Waals surface area (Å²) in [5, 5.41) is 3.03. The molecule has 0 aromatic heterocycles. The number of methoxy groups -OCH3 is 2. The van der Waals surface area contributed by atoms with Gasteiger partial charge in [-0.2, -0.15) is 0 Å². The highest BCUT2D eigenvalue weighted by Gasteiger charge is 2.28. The van der Waals surface area contributed by atoms with Crippen molar-refractivity contribution in [3.8, 4) is 23.0 Å². The van der Waals surface area contributed by atoms with Crippen molar-refractivity contribution in [3.63, 3.8) is 0 Å². The molecule has 182 valence electrons. The summed E-state index contributed by atoms with van der Waals surface area (Å²) in [5.74, 6) is 2.43. The van der Waals surface area contributed by atoms with E-state index in [0.29, 0.717) is 49.5 Å². The molecule has 3 aromatic carbocycles. The van der Waals surface area contributed by atoms with Crippen molar-refractivity contribution in [2.75, 3.05) is 27.3 Å². The molecule has 1 heterocycles. The number of hydrogen-bond acceptors (Lipinski definition) is 5. The minimum Gasteiger partial charge on any atom is -0.497 e. The van der Waals surface area contributed by atoms with E-state index in [9.17, 15) is 9.59 Å². The summed E-state index contributed by atoms with van der Waals surface area (Å²) in [6.07, 6.45) is 1.24. The minimum atomic E-state index is -0.123. The number of amides is 2. The largest absolute Gasteiger partial charge is 0.497 e. The van der Waals surface area contributed by atoms with Crippen molar-refractivity contribution in [1.82, 2.24) is 10.2 Å². The Balaban J connectivity index is 1.28. The van der Waals surface area contributed by atoms with Gasteiger partial charge in [-0.05, 0) is 54.8 Å². The second kappa shape index (κ2) is 11.4. The van der Waals surface area contributed by atoms with E-state index in [1.54, 1.807) is 37.3 Å². The fourth-order valence-corrected chi connectivity index (χ4v) is 4.14. The van der Waals surface area contributed by atoms with E-state index in [0.717, 1.165) is 17.1 Å². The number of benzene rings is 3. The van der Waals surface area contributed by atoms with Gasteiger partial charge in [-0.25, -0.2) is 0 Å². The van der Waals surface area contributed by atoms with Crippen LogP contribution in [0.3, 0.4) is 0 Å². The zero-order chi connectivity index (χ0) is 24.6. The van der Waals surface area contributed by atoms with Crippen molar-refractivity contribution in [2.45, 2.75) is 19.4 Å². The molecule has 0 spiro atoms. The lowest BCUT2D eigenvalue weighted by Crippen LogP contribution is -2.42. The first-order valence-electron chi connectivity index (χ1n) is 11.7. The maximum atomic E-state index is 13.0. The molecule has 3 aromatic rings. The molecular formula is C28H30N2O5. The highest BCUT2D eigenvalue weighted by Crippen LogP contribution is 2.26. The Morgan fingerprint density at radius 1 is 0.829 bits per heavy atom. The molecule has 0 bridgehead atoms. The summed E-state index contributed by atoms with van der Waals surface area (Å²) in [7, 11) is 3.11. The lowest BCUT2D eigenvalue weighted by atomic mass is 9.95. The Kier molecular flexibility index (Phi) is 7.88. The van der Waals surface area contributed by atoms with Crippen LogP contribution >= 0.6 is 0 Å². The predicted molar refractivity (Wildman–Crippen MR) is 133 cm³/mol. The van der Waals surface area contributed by atoms with Crippen LogP contribution in [0.25, 0.3) is 0 Å². The van der Waals surface area contributed by atoms with Gasteiger partial charge in [0, 0.05) is 37.2 Å². The van der Waals surface area contributed by atoms with Crippen LogP contribution in [0.5, 0.6) is 23.0 Å². The second-order valence-electron chi connectivity index (χ2n) is 8.45. The number of para-hydroxylation sites is 1. The van der Waals surface area contributed by atoms with E-state index in [4.69, 9.17) is 14.2 Å². The van der Waals surface area contributed by atoms with E-state index in [1.807, 2.05) is 54.6 Å². The number of rotatable bonds is 8. The number of carbonyl (C=O) groups excluding carboxylic acids is 2. The predicted octanol–water partition coefficient (Wildman–Crippen LogP) is 4.66. The monoisotopic (exact) mass is 474 g/mol. The summed E-state index contributed by atoms with van der Waals surface area (Å²) in [4.78, 5) is 27.6. The molecule has 7 heteroatoms. The highest BCUT2D eigenvalue weighted by molar-refractivity contribution is 5.95. The third-order valence-corrected chi connectivity index (χ3v) is 6.10. The maximum Gasteiger partial charge on any atom is 0.254 e. The number of carbonyl (C=O) groups is 2. The fourth-order valence-electron chi connectivity index (χ4n) is 4.14. The van der Waals surface area contributed by atoms with Gasteiger partial charge in [0.1, 0.15) is 23.0 Å². The molecule has 1 fully saturated rings. The topological polar surface area (TPSA) is 77.1 Å². The molecule has 1 saturated heterocycles. The molecule has 7 nitrogen and oxygen atoms in total. The summed E-state index contributed by atoms with van der Waals surface area (Å²) in [6.45, 7) is 1.47. The Bertz CT molecular complexity index is 1130. The van der Waals surface area contributed by atoms with Gasteiger partial charge in [0.25, 0.3) is 5.91 Å². The van der Waals surface area contributed by atoms with E-state index in [1.165, 1.54) is 0 Å². The first-order valence-corrected chi connectivity index (χ1v) is 11.7. The molecule has 0 saturated carbocycles. The summed E-state index contributed by atoms with van der Waals surface area (Å²) in [5.41, 5.74) is 1.48. The van der Waals surface area contributed by atoms with Crippen LogP contribution in [0.15, 0.2) is 72.8 Å². The molecule has 35 heavy (non-hydrogen) atoms. The van der Waals surface area contributed by atoms with E-state index < -0.39 is 0 Å². The standard InChI is InChI=1S/C28H30N2O5/c1-33-25-16-22(17-26(18-25)34-2)28(32)30-13-11-21(12-14-30)27(31)29-19-20-7-6-10-24(15-20)35-23-8-4-3-5-9-23/h3-10,15-18,21H,11-14,19H2,1-2H3,(H,29,31). The minimum absolute atomic E-state index is 0.00882. The third-order valence-electron chi connectivity index (χ3n) is 6.10. The van der Waals surface area contributed by atoms with E-state index >= 15 is 0 Å². The van der Waals surface area contributed by atoms with Crippen molar-refractivity contribution >= 4 is 11.8 Å². The number of ether oxygens (including phenoxy) is 3. The Morgan fingerprint density at radius 3 is 2.14 bits per heavy atom. The number of likely N-dealkylation sites (tertiary alicyclic amines) is 1. The van der Waals surface area contributed by atoms with Crippen LogP contribution in [0.2, 0.25) is 0 Å². The average Bonchev–Trinajstić information content (AvgIpc) is 2.91. The molecule has 1 N–H and O–H groups in total. The van der Waals surface area contributed by atoms with Gasteiger partial charge < -0.3 is 24.4 Å². The molecule has 1 aliphatic heterocycles. The Labute approximate surface area is 205 Å². The van der Waals surface area contributed by atoms with Crippen LogP contribution in [-0.4, -0.2) is 44.0 Å². The molecule has 4 rings (SSSR count). The maximum absolute atomic E-state index is 13.0. The summed E-state index contributed by atoms with van der Waals surface area (Å²) in [6, 6.07) is 22.4. The third kappa shape index (κ3) is 6.32. The number of nitrogens with one attached hydrogen (secondary N) is 1. The van der Waals surface area contributed by atoms with Crippen molar-refractivity contribution in [3.05, 3.63) is 83.9 Å². The molecule has 0 unspecified atom stereocenters. The average molecular weight is 475 g/mol. The SMILES string of the molecule is COc1cc(OC)cc(C(=O)N2CCC(C(=O)NCc3cccc(Oc4ccccc4)c3)CC2)c1. The van der Waals surface area contributed by atoms with E-state index in [2.05, 4.69) is 5.32 Å². The lowest BCUT2D eigenvalue weighted by Gasteiger charge is -2.31. The van der Waals surface area contributed by atoms with Crippen molar-refractivity contribution in [1.29, 1.82) is 0 Å². The Morgan fingerprint density at radius 2 is 1.49 bits per heavy atom. The summed E-state index contributed by atoms with van der Waals surface area (Å²) < 4.78 is 16.4. The zero-order valence-electron chi connectivity index (χ0n) is 20.0. The fraction of sp³-hybridized carbons (Fsp3) is 0.286. The first-order chi connectivity index (χ1) is 17.1. The van der Waals surface area contributed by atoms with Gasteiger partial charge in [0.2, 0.25) is 5.91 Å². The van der Waals surface area contributed by atoms with Crippen molar-refractivity contribution < 1.29 is 23.8 Å². The van der Waals surface area contributed by atoms with E-state index in [-0.39, 0.29) is 17.7 Å². The van der Waals surface area contributed by atoms with Gasteiger partial charge in [-0.15, -0.1) is 0 Å². The van der Waals surface area contributed by atoms with Gasteiger partial charge in [-0.1, -0.05) is 30.3 Å². The highest BCUT2D eigenvalue weighted by atomic mass is 16.5. The van der Waals surface area contributed by atoms with Gasteiger partial charge >= 0.3 is 0 Å². The van der Waals surface area contributed by atoms with Crippen LogP contribution in [0, 0.1) is 5.92 Å². The zero-order valence-corrected chi connectivity index (χ0v) is 20.0. The van der Waals surface area contributed by atoms with Crippen LogP contribution in [-0.2, 0) is 11.3 Å². The van der Waals surface area contributed by atoms with Crippen LogP contribution in [0.4, 0.5) is 0 Å². The van der Waals surface area contributed by atoms with Gasteiger partial charge in [0.15, 0.2) is 0 Å². The van der Waals surface area contributed by atoms with Gasteiger partial charge in [-0.3, -0.25) is 9.59 Å². The second-order valence-corrected chi connectivity index (χ2v) is 8.45. The Hall–Kier alpha value is -4.00. The first kappa shape index (κ1) is 24.1. The molecule has 0 aliphatic carbocycles. The van der Waals surface area contributed by atoms with Crippen molar-refractivity contribution in [2.24, 2.45) is 5.92 Å².